The Morgan fingerprint density at radius 1 is 1.04 bits per heavy atom. The second kappa shape index (κ2) is 15.6. The number of aryl methyl sites for hydroxylation is 1. The average Bonchev–Trinajstić information content (AvgIpc) is 3.80. The fraction of sp³-hybridized carbons (Fsp3) is 0.485. The Labute approximate surface area is 283 Å². The molecule has 2 aliphatic rings. The van der Waals surface area contributed by atoms with Crippen LogP contribution in [0.15, 0.2) is 42.4 Å². The van der Waals surface area contributed by atoms with Gasteiger partial charge in [-0.15, -0.1) is 5.10 Å². The van der Waals surface area contributed by atoms with Gasteiger partial charge in [0, 0.05) is 38.9 Å². The normalized spacial score (nSPS) is 19.6. The maximum absolute atomic E-state index is 15.7. The van der Waals surface area contributed by atoms with Crippen molar-refractivity contribution in [3.8, 4) is 0 Å². The number of rotatable bonds is 10. The molecule has 1 aromatic carbocycles. The minimum atomic E-state index is -0.879. The number of halogens is 1. The number of hydrogen-bond donors (Lipinski definition) is 3. The topological polar surface area (TPSA) is 154 Å². The molecule has 1 saturated heterocycles. The van der Waals surface area contributed by atoms with Crippen LogP contribution in [0.1, 0.15) is 72.2 Å². The average molecular weight is 680 g/mol. The molecule has 3 N–H and O–H groups in total. The molecule has 1 saturated carbocycles. The third-order valence-electron chi connectivity index (χ3n) is 9.21. The number of piperazine rings is 1. The molecule has 1 aliphatic heterocycles. The van der Waals surface area contributed by atoms with Gasteiger partial charge in [0.1, 0.15) is 28.1 Å². The van der Waals surface area contributed by atoms with Crippen molar-refractivity contribution >= 4 is 46.4 Å². The molecule has 15 heteroatoms. The SMILES string of the molecule is CCn1nccc1C(=O)N[C@H](C(=O)Nc1ccc(/C(C)=C(/NC(=O)c2cnns2)C(=O)N2CCN(C)CC2)cc1F)C1CCC(C)CC1. The van der Waals surface area contributed by atoms with Crippen molar-refractivity contribution in [2.75, 3.05) is 38.5 Å². The second-order valence-corrected chi connectivity index (χ2v) is 13.3. The smallest absolute Gasteiger partial charge is 0.270 e. The lowest BCUT2D eigenvalue weighted by molar-refractivity contribution is -0.129. The van der Waals surface area contributed by atoms with Crippen LogP contribution < -0.4 is 16.0 Å². The van der Waals surface area contributed by atoms with Crippen LogP contribution in [0.4, 0.5) is 10.1 Å². The molecule has 2 aromatic heterocycles. The molecule has 5 rings (SSSR count). The van der Waals surface area contributed by atoms with E-state index in [1.165, 1.54) is 24.5 Å². The van der Waals surface area contributed by atoms with E-state index in [1.807, 2.05) is 14.0 Å². The molecule has 1 aliphatic carbocycles. The number of likely N-dealkylation sites (N-methyl/N-ethyl adjacent to an activating group) is 1. The molecule has 1 atom stereocenters. The first kappa shape index (κ1) is 34.8. The number of benzene rings is 1. The first-order valence-corrected chi connectivity index (χ1v) is 17.0. The summed E-state index contributed by atoms with van der Waals surface area (Å²) in [5.74, 6) is -2.17. The minimum absolute atomic E-state index is 0.0229. The molecule has 2 fully saturated rings. The highest BCUT2D eigenvalue weighted by molar-refractivity contribution is 7.07. The van der Waals surface area contributed by atoms with Crippen molar-refractivity contribution in [2.24, 2.45) is 11.8 Å². The maximum Gasteiger partial charge on any atom is 0.270 e. The van der Waals surface area contributed by atoms with Crippen LogP contribution in [0.2, 0.25) is 0 Å². The molecule has 0 unspecified atom stereocenters. The summed E-state index contributed by atoms with van der Waals surface area (Å²) in [6.45, 7) is 8.48. The van der Waals surface area contributed by atoms with Crippen LogP contribution in [0.3, 0.4) is 0 Å². The minimum Gasteiger partial charge on any atom is -0.339 e. The van der Waals surface area contributed by atoms with Crippen molar-refractivity contribution in [1.82, 2.24) is 39.8 Å². The summed E-state index contributed by atoms with van der Waals surface area (Å²) in [5, 5.41) is 16.2. The number of nitrogens with zero attached hydrogens (tertiary/aromatic N) is 6. The molecule has 3 heterocycles. The number of allylic oxidation sites excluding steroid dienone is 1. The molecule has 256 valence electrons. The zero-order valence-corrected chi connectivity index (χ0v) is 28.5. The number of amides is 4. The van der Waals surface area contributed by atoms with E-state index in [2.05, 4.69) is 42.5 Å². The third-order valence-corrected chi connectivity index (χ3v) is 9.88. The lowest BCUT2D eigenvalue weighted by atomic mass is 9.79. The van der Waals surface area contributed by atoms with Gasteiger partial charge in [0.25, 0.3) is 17.7 Å². The van der Waals surface area contributed by atoms with Crippen LogP contribution in [0.5, 0.6) is 0 Å². The Bertz CT molecular complexity index is 1660. The Balaban J connectivity index is 1.38. The van der Waals surface area contributed by atoms with Crippen molar-refractivity contribution in [1.29, 1.82) is 0 Å². The van der Waals surface area contributed by atoms with Gasteiger partial charge in [-0.2, -0.15) is 5.10 Å². The van der Waals surface area contributed by atoms with Gasteiger partial charge in [0.2, 0.25) is 5.91 Å². The van der Waals surface area contributed by atoms with Gasteiger partial charge in [-0.3, -0.25) is 23.9 Å². The molecule has 13 nitrogen and oxygen atoms in total. The summed E-state index contributed by atoms with van der Waals surface area (Å²) >= 11 is 0.897. The predicted octanol–water partition coefficient (Wildman–Crippen LogP) is 3.39. The number of carbonyl (C=O) groups excluding carboxylic acids is 4. The summed E-state index contributed by atoms with van der Waals surface area (Å²) in [4.78, 5) is 57.6. The Morgan fingerprint density at radius 2 is 1.77 bits per heavy atom. The largest absolute Gasteiger partial charge is 0.339 e. The van der Waals surface area contributed by atoms with Crippen LogP contribution in [-0.4, -0.2) is 92.1 Å². The number of aromatic nitrogens is 4. The van der Waals surface area contributed by atoms with Crippen LogP contribution in [0.25, 0.3) is 5.57 Å². The summed E-state index contributed by atoms with van der Waals surface area (Å²) in [7, 11) is 1.97. The number of anilines is 1. The third kappa shape index (κ3) is 8.13. The zero-order chi connectivity index (χ0) is 34.4. The maximum atomic E-state index is 15.7. The van der Waals surface area contributed by atoms with Crippen LogP contribution >= 0.6 is 11.5 Å². The monoisotopic (exact) mass is 679 g/mol. The van der Waals surface area contributed by atoms with Crippen LogP contribution in [-0.2, 0) is 16.1 Å². The summed E-state index contributed by atoms with van der Waals surface area (Å²) in [6.07, 6.45) is 6.21. The molecule has 3 aromatic rings. The summed E-state index contributed by atoms with van der Waals surface area (Å²) in [5.41, 5.74) is 1.01. The van der Waals surface area contributed by atoms with Crippen molar-refractivity contribution in [3.05, 3.63) is 64.3 Å². The number of hydrogen-bond acceptors (Lipinski definition) is 9. The van der Waals surface area contributed by atoms with E-state index in [1.54, 1.807) is 28.6 Å². The summed E-state index contributed by atoms with van der Waals surface area (Å²) < 4.78 is 21.0. The fourth-order valence-corrected chi connectivity index (χ4v) is 6.54. The van der Waals surface area contributed by atoms with Gasteiger partial charge in [-0.1, -0.05) is 30.3 Å². The number of nitrogens with one attached hydrogen (secondary N) is 3. The fourth-order valence-electron chi connectivity index (χ4n) is 6.13. The van der Waals surface area contributed by atoms with E-state index in [0.717, 1.165) is 37.2 Å². The summed E-state index contributed by atoms with van der Waals surface area (Å²) in [6, 6.07) is 4.95. The van der Waals surface area contributed by atoms with Gasteiger partial charge in [-0.05, 0) is 86.4 Å². The molecule has 0 spiro atoms. The van der Waals surface area contributed by atoms with Crippen LogP contribution in [0, 0.1) is 17.7 Å². The van der Waals surface area contributed by atoms with E-state index in [4.69, 9.17) is 0 Å². The first-order valence-electron chi connectivity index (χ1n) is 16.3. The highest BCUT2D eigenvalue weighted by Crippen LogP contribution is 2.32. The van der Waals surface area contributed by atoms with E-state index in [-0.39, 0.29) is 28.1 Å². The van der Waals surface area contributed by atoms with Gasteiger partial charge in [0.05, 0.1) is 11.9 Å². The van der Waals surface area contributed by atoms with Gasteiger partial charge in [0.15, 0.2) is 0 Å². The van der Waals surface area contributed by atoms with Gasteiger partial charge >= 0.3 is 0 Å². The second-order valence-electron chi connectivity index (χ2n) is 12.5. The quantitative estimate of drug-likeness (QED) is 0.276. The Kier molecular flexibility index (Phi) is 11.3. The zero-order valence-electron chi connectivity index (χ0n) is 27.7. The van der Waals surface area contributed by atoms with Crippen molar-refractivity contribution in [2.45, 2.75) is 59.0 Å². The highest BCUT2D eigenvalue weighted by Gasteiger charge is 2.34. The van der Waals surface area contributed by atoms with Gasteiger partial charge < -0.3 is 25.8 Å². The van der Waals surface area contributed by atoms with Gasteiger partial charge in [-0.25, -0.2) is 4.39 Å². The highest BCUT2D eigenvalue weighted by atomic mass is 32.1. The lowest BCUT2D eigenvalue weighted by Crippen LogP contribution is -2.49. The van der Waals surface area contributed by atoms with E-state index in [9.17, 15) is 19.2 Å². The van der Waals surface area contributed by atoms with Crippen molar-refractivity contribution in [3.63, 3.8) is 0 Å². The molecular formula is C33H42FN9O4S. The molecule has 0 bridgehead atoms. The molecule has 0 radical (unpaired) electrons. The first-order chi connectivity index (χ1) is 23.0. The predicted molar refractivity (Wildman–Crippen MR) is 179 cm³/mol. The van der Waals surface area contributed by atoms with E-state index < -0.39 is 29.6 Å². The Morgan fingerprint density at radius 3 is 2.42 bits per heavy atom. The Hall–Kier alpha value is -4.50. The molecule has 48 heavy (non-hydrogen) atoms. The van der Waals surface area contributed by atoms with E-state index in [0.29, 0.717) is 55.5 Å². The molecule has 4 amide bonds. The van der Waals surface area contributed by atoms with Crippen molar-refractivity contribution < 1.29 is 23.6 Å². The lowest BCUT2D eigenvalue weighted by Gasteiger charge is -2.33. The number of carbonyl (C=O) groups is 4. The van der Waals surface area contributed by atoms with E-state index >= 15 is 4.39 Å². The molecular weight excluding hydrogens is 637 g/mol. The standard InChI is InChI=1S/C33H42FN9O4S/c1-5-43-26(12-13-36-43)30(44)39-29(22-8-6-20(2)7-9-22)32(46)37-25-11-10-23(18-24(25)34)21(3)28(38-31(45)27-19-35-40-48-27)33(47)42-16-14-41(4)15-17-42/h10-13,18-20,22,29H,5-9,14-17H2,1-4H3,(H,37,46)(H,38,45)(H,39,44)/b28-21+/t20?,22?,29-/m0/s1.